The van der Waals surface area contributed by atoms with E-state index in [1.54, 1.807) is 32.2 Å². The Hall–Kier alpha value is -2.43. The van der Waals surface area contributed by atoms with Gasteiger partial charge in [0.15, 0.2) is 28.8 Å². The van der Waals surface area contributed by atoms with Crippen LogP contribution in [-0.2, 0) is 0 Å². The van der Waals surface area contributed by atoms with Gasteiger partial charge < -0.3 is 19.9 Å². The summed E-state index contributed by atoms with van der Waals surface area (Å²) >= 11 is 0. The molecule has 4 nitrogen and oxygen atoms in total. The molecule has 0 amide bonds. The molecule has 0 aliphatic carbocycles. The van der Waals surface area contributed by atoms with Gasteiger partial charge in [-0.1, -0.05) is 12.1 Å². The quantitative estimate of drug-likeness (QED) is 0.848. The summed E-state index contributed by atoms with van der Waals surface area (Å²) in [6.45, 7) is 2.13. The summed E-state index contributed by atoms with van der Waals surface area (Å²) in [5, 5.41) is 0. The van der Waals surface area contributed by atoms with Crippen molar-refractivity contribution in [3.8, 4) is 23.0 Å². The number of ether oxygens (including phenoxy) is 3. The lowest BCUT2D eigenvalue weighted by atomic mass is 10.2. The van der Waals surface area contributed by atoms with Crippen LogP contribution in [0.15, 0.2) is 36.4 Å². The lowest BCUT2D eigenvalue weighted by Gasteiger charge is -2.13. The van der Waals surface area contributed by atoms with E-state index in [0.717, 1.165) is 0 Å². The number of rotatable bonds is 5. The molecule has 5 heteroatoms. The minimum Gasteiger partial charge on any atom is -0.493 e. The van der Waals surface area contributed by atoms with Crippen molar-refractivity contribution in [3.63, 3.8) is 0 Å². The molecule has 0 saturated carbocycles. The Morgan fingerprint density at radius 3 is 2.40 bits per heavy atom. The lowest BCUT2D eigenvalue weighted by molar-refractivity contribution is 0.319. The van der Waals surface area contributed by atoms with Crippen molar-refractivity contribution >= 4 is 5.69 Å². The number of hydrogen-bond acceptors (Lipinski definition) is 4. The zero-order valence-corrected chi connectivity index (χ0v) is 11.4. The van der Waals surface area contributed by atoms with E-state index in [0.29, 0.717) is 23.9 Å². The van der Waals surface area contributed by atoms with E-state index in [9.17, 15) is 4.39 Å². The predicted octanol–water partition coefficient (Wildman–Crippen LogP) is 3.61. The van der Waals surface area contributed by atoms with Crippen molar-refractivity contribution in [3.05, 3.63) is 42.2 Å². The molecule has 2 aromatic carbocycles. The highest BCUT2D eigenvalue weighted by Gasteiger charge is 2.12. The molecule has 2 aromatic rings. The lowest BCUT2D eigenvalue weighted by Crippen LogP contribution is -1.99. The maximum absolute atomic E-state index is 13.6. The number of hydrogen-bond donors (Lipinski definition) is 1. The van der Waals surface area contributed by atoms with Gasteiger partial charge >= 0.3 is 0 Å². The van der Waals surface area contributed by atoms with E-state index in [4.69, 9.17) is 19.9 Å². The maximum Gasteiger partial charge on any atom is 0.169 e. The van der Waals surface area contributed by atoms with Crippen LogP contribution in [0.2, 0.25) is 0 Å². The molecule has 0 bridgehead atoms. The van der Waals surface area contributed by atoms with Gasteiger partial charge in [0, 0.05) is 12.1 Å². The van der Waals surface area contributed by atoms with Crippen LogP contribution in [0.4, 0.5) is 10.1 Å². The molecule has 2 rings (SSSR count). The molecular formula is C15H16FNO3. The average molecular weight is 277 g/mol. The van der Waals surface area contributed by atoms with Crippen LogP contribution < -0.4 is 19.9 Å². The third kappa shape index (κ3) is 2.93. The summed E-state index contributed by atoms with van der Waals surface area (Å²) in [4.78, 5) is 0. The van der Waals surface area contributed by atoms with E-state index in [2.05, 4.69) is 0 Å². The molecule has 0 aromatic heterocycles. The first-order valence-corrected chi connectivity index (χ1v) is 6.18. The average Bonchev–Trinajstić information content (AvgIpc) is 2.45. The topological polar surface area (TPSA) is 53.7 Å². The Labute approximate surface area is 116 Å². The Morgan fingerprint density at radius 2 is 1.75 bits per heavy atom. The number of anilines is 1. The Balaban J connectivity index is 2.35. The van der Waals surface area contributed by atoms with Crippen LogP contribution >= 0.6 is 0 Å². The first-order valence-electron chi connectivity index (χ1n) is 6.18. The van der Waals surface area contributed by atoms with Gasteiger partial charge in [-0.25, -0.2) is 4.39 Å². The molecule has 0 unspecified atom stereocenters. The van der Waals surface area contributed by atoms with Gasteiger partial charge in [0.2, 0.25) is 0 Å². The third-order valence-electron chi connectivity index (χ3n) is 2.65. The van der Waals surface area contributed by atoms with Gasteiger partial charge in [0.25, 0.3) is 0 Å². The SMILES string of the molecule is CCOc1cc(Oc2ccccc2OC)c(N)cc1F. The van der Waals surface area contributed by atoms with Gasteiger partial charge in [-0.2, -0.15) is 0 Å². The highest BCUT2D eigenvalue weighted by molar-refractivity contribution is 5.58. The summed E-state index contributed by atoms with van der Waals surface area (Å²) in [7, 11) is 1.54. The summed E-state index contributed by atoms with van der Waals surface area (Å²) < 4.78 is 29.7. The van der Waals surface area contributed by atoms with Crippen LogP contribution in [-0.4, -0.2) is 13.7 Å². The molecular weight excluding hydrogens is 261 g/mol. The fourth-order valence-corrected chi connectivity index (χ4v) is 1.73. The first-order chi connectivity index (χ1) is 9.65. The van der Waals surface area contributed by atoms with E-state index < -0.39 is 5.82 Å². The molecule has 2 N–H and O–H groups in total. The van der Waals surface area contributed by atoms with E-state index >= 15 is 0 Å². The van der Waals surface area contributed by atoms with Crippen LogP contribution in [0, 0.1) is 5.82 Å². The number of para-hydroxylation sites is 2. The molecule has 0 fully saturated rings. The second kappa shape index (κ2) is 6.14. The number of halogens is 1. The molecule has 0 spiro atoms. The molecule has 0 radical (unpaired) electrons. The molecule has 106 valence electrons. The number of methoxy groups -OCH3 is 1. The second-order valence-electron chi connectivity index (χ2n) is 4.01. The van der Waals surface area contributed by atoms with E-state index in [1.165, 1.54) is 12.1 Å². The van der Waals surface area contributed by atoms with Gasteiger partial charge in [-0.15, -0.1) is 0 Å². The van der Waals surface area contributed by atoms with Crippen molar-refractivity contribution in [2.45, 2.75) is 6.92 Å². The molecule has 0 heterocycles. The first kappa shape index (κ1) is 14.0. The van der Waals surface area contributed by atoms with Crippen molar-refractivity contribution in [2.75, 3.05) is 19.5 Å². The highest BCUT2D eigenvalue weighted by Crippen LogP contribution is 2.37. The number of nitrogen functional groups attached to an aromatic ring is 1. The summed E-state index contributed by atoms with van der Waals surface area (Å²) in [6, 6.07) is 9.74. The monoisotopic (exact) mass is 277 g/mol. The maximum atomic E-state index is 13.6. The predicted molar refractivity (Wildman–Crippen MR) is 75.0 cm³/mol. The van der Waals surface area contributed by atoms with Crippen LogP contribution in [0.25, 0.3) is 0 Å². The van der Waals surface area contributed by atoms with Crippen LogP contribution in [0.5, 0.6) is 23.0 Å². The second-order valence-corrected chi connectivity index (χ2v) is 4.01. The van der Waals surface area contributed by atoms with E-state index in [-0.39, 0.29) is 11.4 Å². The van der Waals surface area contributed by atoms with Crippen molar-refractivity contribution < 1.29 is 18.6 Å². The van der Waals surface area contributed by atoms with Crippen LogP contribution in [0.3, 0.4) is 0 Å². The summed E-state index contributed by atoms with van der Waals surface area (Å²) in [5.41, 5.74) is 5.96. The van der Waals surface area contributed by atoms with Crippen LogP contribution in [0.1, 0.15) is 6.92 Å². The largest absolute Gasteiger partial charge is 0.493 e. The minimum absolute atomic E-state index is 0.103. The van der Waals surface area contributed by atoms with Crippen molar-refractivity contribution in [1.29, 1.82) is 0 Å². The minimum atomic E-state index is -0.517. The zero-order valence-electron chi connectivity index (χ0n) is 11.4. The molecule has 0 aliphatic heterocycles. The molecule has 0 atom stereocenters. The zero-order chi connectivity index (χ0) is 14.5. The van der Waals surface area contributed by atoms with Gasteiger partial charge in [-0.3, -0.25) is 0 Å². The van der Waals surface area contributed by atoms with Gasteiger partial charge in [-0.05, 0) is 19.1 Å². The fraction of sp³-hybridized carbons (Fsp3) is 0.200. The smallest absolute Gasteiger partial charge is 0.169 e. The summed E-state index contributed by atoms with van der Waals surface area (Å²) in [6.07, 6.45) is 0. The Morgan fingerprint density at radius 1 is 1.05 bits per heavy atom. The number of benzene rings is 2. The standard InChI is InChI=1S/C15H16FNO3/c1-3-19-14-9-15(11(17)8-10(14)16)20-13-7-5-4-6-12(13)18-2/h4-9H,3,17H2,1-2H3. The van der Waals surface area contributed by atoms with Crippen molar-refractivity contribution in [2.24, 2.45) is 0 Å². The van der Waals surface area contributed by atoms with Crippen molar-refractivity contribution in [1.82, 2.24) is 0 Å². The van der Waals surface area contributed by atoms with E-state index in [1.807, 2.05) is 6.07 Å². The molecule has 0 saturated heterocycles. The highest BCUT2D eigenvalue weighted by atomic mass is 19.1. The van der Waals surface area contributed by atoms with Gasteiger partial charge in [0.05, 0.1) is 19.4 Å². The Bertz CT molecular complexity index is 602. The summed E-state index contributed by atoms with van der Waals surface area (Å²) in [5.74, 6) is 0.965. The third-order valence-corrected chi connectivity index (χ3v) is 2.65. The normalized spacial score (nSPS) is 10.2. The molecule has 0 aliphatic rings. The van der Waals surface area contributed by atoms with Gasteiger partial charge in [0.1, 0.15) is 0 Å². The number of nitrogens with two attached hydrogens (primary N) is 1. The Kier molecular flexibility index (Phi) is 4.30. The molecule has 20 heavy (non-hydrogen) atoms. The fourth-order valence-electron chi connectivity index (χ4n) is 1.73.